The first-order chi connectivity index (χ1) is 4.90. The fourth-order valence-electron chi connectivity index (χ4n) is 2.28. The third-order valence-electron chi connectivity index (χ3n) is 2.94. The molecule has 0 spiro atoms. The monoisotopic (exact) mass is 216 g/mol. The van der Waals surface area contributed by atoms with Crippen molar-refractivity contribution in [2.45, 2.75) is 32.1 Å². The van der Waals surface area contributed by atoms with Crippen LogP contribution in [0.5, 0.6) is 0 Å². The van der Waals surface area contributed by atoms with Gasteiger partial charge in [-0.25, -0.2) is 0 Å². The zero-order valence-electron chi connectivity index (χ0n) is 6.49. The van der Waals surface area contributed by atoms with Crippen molar-refractivity contribution in [1.82, 2.24) is 0 Å². The van der Waals surface area contributed by atoms with E-state index in [1.165, 1.54) is 25.7 Å². The van der Waals surface area contributed by atoms with Crippen LogP contribution in [-0.2, 0) is 0 Å². The quantitative estimate of drug-likeness (QED) is 0.441. The molecule has 3 saturated carbocycles. The van der Waals surface area contributed by atoms with Crippen LogP contribution in [0.1, 0.15) is 32.1 Å². The third-order valence-corrected chi connectivity index (χ3v) is 2.94. The van der Waals surface area contributed by atoms with E-state index in [0.29, 0.717) is 5.92 Å². The summed E-state index contributed by atoms with van der Waals surface area (Å²) in [6, 6.07) is 0. The lowest BCUT2D eigenvalue weighted by molar-refractivity contribution is -0.0262. The van der Waals surface area contributed by atoms with Gasteiger partial charge in [0, 0.05) is 6.42 Å². The summed E-state index contributed by atoms with van der Waals surface area (Å²) in [4.78, 5) is 3.35. The van der Waals surface area contributed by atoms with E-state index in [4.69, 9.17) is 5.53 Å². The van der Waals surface area contributed by atoms with Crippen molar-refractivity contribution >= 4 is 22.7 Å². The smallest absolute Gasteiger partial charge is 0.272 e. The number of fused-ring (bicyclic) bond motifs is 3. The van der Waals surface area contributed by atoms with Gasteiger partial charge in [-0.3, -0.25) is 0 Å². The summed E-state index contributed by atoms with van der Waals surface area (Å²) in [5, 5.41) is 0. The van der Waals surface area contributed by atoms with E-state index in [9.17, 15) is 0 Å². The number of rotatable bonds is 0. The van der Waals surface area contributed by atoms with Crippen LogP contribution in [0.2, 0.25) is 0 Å². The molecule has 3 rings (SSSR count). The molecule has 0 aromatic heterocycles. The normalized spacial score (nSPS) is 34.4. The Balaban J connectivity index is 0.000000605. The largest absolute Gasteiger partial charge is 0.362 e. The van der Waals surface area contributed by atoms with E-state index in [-0.39, 0.29) is 17.0 Å². The highest BCUT2D eigenvalue weighted by atomic mass is 79.9. The van der Waals surface area contributed by atoms with E-state index in [1.807, 2.05) is 0 Å². The van der Waals surface area contributed by atoms with Gasteiger partial charge in [-0.05, 0) is 31.6 Å². The molecule has 0 amide bonds. The molecule has 0 unspecified atom stereocenters. The second-order valence-electron chi connectivity index (χ2n) is 3.51. The SMILES string of the molecule is Br.[N-]=[N+]=C1CC2CCC1CC2. The van der Waals surface area contributed by atoms with Gasteiger partial charge < -0.3 is 5.53 Å². The molecule has 0 saturated heterocycles. The van der Waals surface area contributed by atoms with E-state index < -0.39 is 0 Å². The Labute approximate surface area is 77.4 Å². The predicted octanol–water partition coefficient (Wildman–Crippen LogP) is 2.45. The highest BCUT2D eigenvalue weighted by molar-refractivity contribution is 8.93. The van der Waals surface area contributed by atoms with E-state index >= 15 is 0 Å². The van der Waals surface area contributed by atoms with E-state index in [1.54, 1.807) is 0 Å². The van der Waals surface area contributed by atoms with E-state index in [2.05, 4.69) is 4.79 Å². The number of hydrogen-bond donors (Lipinski definition) is 0. The van der Waals surface area contributed by atoms with Crippen LogP contribution in [0.25, 0.3) is 5.53 Å². The standard InChI is InChI=1S/C8H12N2.BrH/c9-10-8-5-6-1-3-7(8)4-2-6;/h6-7H,1-5H2;1H. The molecule has 3 aliphatic rings. The van der Waals surface area contributed by atoms with Crippen molar-refractivity contribution in [3.63, 3.8) is 0 Å². The Morgan fingerprint density at radius 3 is 2.09 bits per heavy atom. The van der Waals surface area contributed by atoms with Gasteiger partial charge in [0.25, 0.3) is 5.71 Å². The summed E-state index contributed by atoms with van der Waals surface area (Å²) in [5.74, 6) is 1.48. The summed E-state index contributed by atoms with van der Waals surface area (Å²) >= 11 is 0. The second-order valence-corrected chi connectivity index (χ2v) is 3.51. The van der Waals surface area contributed by atoms with Crippen molar-refractivity contribution in [3.8, 4) is 0 Å². The van der Waals surface area contributed by atoms with Crippen molar-refractivity contribution in [2.24, 2.45) is 11.8 Å². The van der Waals surface area contributed by atoms with Gasteiger partial charge in [-0.1, -0.05) is 0 Å². The van der Waals surface area contributed by atoms with Crippen LogP contribution in [0.15, 0.2) is 0 Å². The molecule has 0 aromatic carbocycles. The minimum atomic E-state index is 0. The topological polar surface area (TPSA) is 36.4 Å². The highest BCUT2D eigenvalue weighted by Gasteiger charge is 2.37. The molecule has 3 fully saturated rings. The number of hydrogen-bond acceptors (Lipinski definition) is 0. The summed E-state index contributed by atoms with van der Waals surface area (Å²) in [6.45, 7) is 0. The Morgan fingerprint density at radius 1 is 1.18 bits per heavy atom. The minimum Gasteiger partial charge on any atom is -0.362 e. The molecule has 2 nitrogen and oxygen atoms in total. The average Bonchev–Trinajstić information content (AvgIpc) is 2.06. The molecule has 0 atom stereocenters. The number of halogens is 1. The first-order valence-electron chi connectivity index (χ1n) is 4.11. The molecule has 0 heterocycles. The maximum absolute atomic E-state index is 8.60. The van der Waals surface area contributed by atoms with Gasteiger partial charge in [0.15, 0.2) is 0 Å². The molecule has 2 bridgehead atoms. The van der Waals surface area contributed by atoms with E-state index in [0.717, 1.165) is 18.1 Å². The number of nitrogens with zero attached hydrogens (tertiary/aromatic N) is 2. The maximum atomic E-state index is 8.60. The van der Waals surface area contributed by atoms with Crippen molar-refractivity contribution in [1.29, 1.82) is 0 Å². The molecule has 0 N–H and O–H groups in total. The summed E-state index contributed by atoms with van der Waals surface area (Å²) in [5.41, 5.74) is 9.67. The maximum Gasteiger partial charge on any atom is 0.272 e. The van der Waals surface area contributed by atoms with Crippen LogP contribution in [0.3, 0.4) is 0 Å². The fourth-order valence-corrected chi connectivity index (χ4v) is 2.28. The summed E-state index contributed by atoms with van der Waals surface area (Å²) < 4.78 is 0. The van der Waals surface area contributed by atoms with Crippen molar-refractivity contribution in [2.75, 3.05) is 0 Å². The lowest BCUT2D eigenvalue weighted by Crippen LogP contribution is -2.31. The van der Waals surface area contributed by atoms with Gasteiger partial charge in [-0.2, -0.15) is 4.79 Å². The van der Waals surface area contributed by atoms with Crippen LogP contribution in [-0.4, -0.2) is 10.5 Å². The molecule has 11 heavy (non-hydrogen) atoms. The lowest BCUT2D eigenvalue weighted by atomic mass is 9.70. The Kier molecular flexibility index (Phi) is 2.85. The lowest BCUT2D eigenvalue weighted by Gasteiger charge is -2.31. The highest BCUT2D eigenvalue weighted by Crippen LogP contribution is 2.38. The molecule has 0 radical (unpaired) electrons. The van der Waals surface area contributed by atoms with Crippen molar-refractivity contribution < 1.29 is 4.79 Å². The van der Waals surface area contributed by atoms with Gasteiger partial charge in [0.1, 0.15) is 0 Å². The second kappa shape index (κ2) is 3.51. The molecule has 62 valence electrons. The summed E-state index contributed by atoms with van der Waals surface area (Å²) in [7, 11) is 0. The Hall–Kier alpha value is -0.140. The average molecular weight is 217 g/mol. The Morgan fingerprint density at radius 2 is 1.82 bits per heavy atom. The molecular formula is C8H13BrN2. The molecule has 0 aromatic rings. The third kappa shape index (κ3) is 1.54. The van der Waals surface area contributed by atoms with Gasteiger partial charge in [-0.15, -0.1) is 17.0 Å². The van der Waals surface area contributed by atoms with Crippen LogP contribution in [0.4, 0.5) is 0 Å². The van der Waals surface area contributed by atoms with Gasteiger partial charge >= 0.3 is 0 Å². The molecule has 0 aliphatic heterocycles. The zero-order chi connectivity index (χ0) is 6.97. The van der Waals surface area contributed by atoms with Gasteiger partial charge in [0.2, 0.25) is 0 Å². The first-order valence-corrected chi connectivity index (χ1v) is 4.11. The molecule has 3 aliphatic carbocycles. The predicted molar refractivity (Wildman–Crippen MR) is 49.0 cm³/mol. The van der Waals surface area contributed by atoms with Crippen LogP contribution in [0, 0.1) is 11.8 Å². The molecular weight excluding hydrogens is 204 g/mol. The molecule has 3 heteroatoms. The van der Waals surface area contributed by atoms with Crippen molar-refractivity contribution in [3.05, 3.63) is 5.53 Å². The zero-order valence-corrected chi connectivity index (χ0v) is 8.21. The Bertz CT molecular complexity index is 188. The fraction of sp³-hybridized carbons (Fsp3) is 0.875. The van der Waals surface area contributed by atoms with Crippen LogP contribution < -0.4 is 0 Å². The minimum absolute atomic E-state index is 0. The summed E-state index contributed by atoms with van der Waals surface area (Å²) in [6.07, 6.45) is 6.34. The van der Waals surface area contributed by atoms with Gasteiger partial charge in [0.05, 0.1) is 5.92 Å². The van der Waals surface area contributed by atoms with Crippen LogP contribution >= 0.6 is 17.0 Å². The first kappa shape index (κ1) is 8.95.